The molecular formula is C16H23ClN2O3. The van der Waals surface area contributed by atoms with Crippen LogP contribution in [0.2, 0.25) is 5.02 Å². The second kappa shape index (κ2) is 7.70. The summed E-state index contributed by atoms with van der Waals surface area (Å²) in [5, 5.41) is 6.16. The molecule has 22 heavy (non-hydrogen) atoms. The Balaban J connectivity index is 1.85. The third kappa shape index (κ3) is 4.27. The van der Waals surface area contributed by atoms with Gasteiger partial charge in [0.25, 0.3) is 0 Å². The van der Waals surface area contributed by atoms with E-state index in [-0.39, 0.29) is 11.4 Å². The first-order valence-corrected chi connectivity index (χ1v) is 7.84. The third-order valence-corrected chi connectivity index (χ3v) is 4.61. The summed E-state index contributed by atoms with van der Waals surface area (Å²) in [6.45, 7) is 1.39. The number of halogens is 1. The van der Waals surface area contributed by atoms with Crippen LogP contribution in [-0.2, 0) is 4.74 Å². The maximum atomic E-state index is 12.0. The van der Waals surface area contributed by atoms with Crippen molar-refractivity contribution in [1.29, 1.82) is 0 Å². The van der Waals surface area contributed by atoms with Crippen LogP contribution >= 0.6 is 11.6 Å². The quantitative estimate of drug-likeness (QED) is 0.803. The summed E-state index contributed by atoms with van der Waals surface area (Å²) in [7, 11) is 3.28. The number of rotatable bonds is 7. The summed E-state index contributed by atoms with van der Waals surface area (Å²) in [6, 6.07) is 4.91. The van der Waals surface area contributed by atoms with Gasteiger partial charge in [-0.2, -0.15) is 0 Å². The van der Waals surface area contributed by atoms with Crippen molar-refractivity contribution in [2.24, 2.45) is 5.41 Å². The average Bonchev–Trinajstić information content (AvgIpc) is 2.48. The number of ether oxygens (including phenoxy) is 2. The first-order valence-electron chi connectivity index (χ1n) is 7.46. The Hall–Kier alpha value is -1.46. The standard InChI is InChI=1S/C16H23ClN2O3/c1-21-9-8-16(6-3-7-16)11-18-15(20)19-14-5-4-12(22-2)10-13(14)17/h4-5,10H,3,6-9,11H2,1-2H3,(H2,18,19,20). The molecule has 2 rings (SSSR count). The van der Waals surface area contributed by atoms with Gasteiger partial charge in [0, 0.05) is 26.3 Å². The lowest BCUT2D eigenvalue weighted by Gasteiger charge is -2.42. The number of methoxy groups -OCH3 is 2. The highest BCUT2D eigenvalue weighted by Crippen LogP contribution is 2.43. The number of anilines is 1. The van der Waals surface area contributed by atoms with E-state index in [4.69, 9.17) is 21.1 Å². The van der Waals surface area contributed by atoms with E-state index in [0.29, 0.717) is 23.0 Å². The second-order valence-corrected chi connectivity index (χ2v) is 6.16. The highest BCUT2D eigenvalue weighted by Gasteiger charge is 2.36. The molecule has 0 unspecified atom stereocenters. The van der Waals surface area contributed by atoms with Crippen molar-refractivity contribution in [2.75, 3.05) is 32.7 Å². The molecule has 1 saturated carbocycles. The molecule has 0 heterocycles. The van der Waals surface area contributed by atoms with Crippen LogP contribution in [0.15, 0.2) is 18.2 Å². The van der Waals surface area contributed by atoms with Crippen molar-refractivity contribution in [1.82, 2.24) is 5.32 Å². The molecule has 5 nitrogen and oxygen atoms in total. The van der Waals surface area contributed by atoms with Crippen LogP contribution in [0, 0.1) is 5.41 Å². The van der Waals surface area contributed by atoms with E-state index < -0.39 is 0 Å². The SMILES string of the molecule is COCCC1(CNC(=O)Nc2ccc(OC)cc2Cl)CCC1. The number of amides is 2. The van der Waals surface area contributed by atoms with Crippen molar-refractivity contribution in [2.45, 2.75) is 25.7 Å². The molecule has 0 spiro atoms. The lowest BCUT2D eigenvalue weighted by Crippen LogP contribution is -2.44. The molecule has 1 aliphatic carbocycles. The van der Waals surface area contributed by atoms with Gasteiger partial charge in [-0.3, -0.25) is 0 Å². The lowest BCUT2D eigenvalue weighted by atomic mass is 9.67. The largest absolute Gasteiger partial charge is 0.497 e. The Morgan fingerprint density at radius 3 is 2.68 bits per heavy atom. The lowest BCUT2D eigenvalue weighted by molar-refractivity contribution is 0.0717. The van der Waals surface area contributed by atoms with E-state index in [1.54, 1.807) is 32.4 Å². The Labute approximate surface area is 136 Å². The fourth-order valence-electron chi connectivity index (χ4n) is 2.67. The smallest absolute Gasteiger partial charge is 0.319 e. The number of hydrogen-bond donors (Lipinski definition) is 2. The minimum atomic E-state index is -0.240. The van der Waals surface area contributed by atoms with Crippen LogP contribution in [0.1, 0.15) is 25.7 Å². The van der Waals surface area contributed by atoms with Crippen LogP contribution < -0.4 is 15.4 Å². The van der Waals surface area contributed by atoms with Crippen LogP contribution in [0.4, 0.5) is 10.5 Å². The topological polar surface area (TPSA) is 59.6 Å². The van der Waals surface area contributed by atoms with Gasteiger partial charge in [0.15, 0.2) is 0 Å². The van der Waals surface area contributed by atoms with Gasteiger partial charge in [-0.25, -0.2) is 4.79 Å². The van der Waals surface area contributed by atoms with Crippen molar-refractivity contribution < 1.29 is 14.3 Å². The molecule has 1 aromatic carbocycles. The molecule has 0 radical (unpaired) electrons. The molecule has 0 aliphatic heterocycles. The van der Waals surface area contributed by atoms with E-state index in [1.165, 1.54) is 6.42 Å². The molecule has 0 atom stereocenters. The average molecular weight is 327 g/mol. The number of benzene rings is 1. The summed E-state index contributed by atoms with van der Waals surface area (Å²) >= 11 is 6.11. The van der Waals surface area contributed by atoms with Gasteiger partial charge < -0.3 is 20.1 Å². The molecule has 122 valence electrons. The number of carbonyl (C=O) groups is 1. The van der Waals surface area contributed by atoms with Gasteiger partial charge in [-0.05, 0) is 36.8 Å². The predicted molar refractivity (Wildman–Crippen MR) is 87.8 cm³/mol. The predicted octanol–water partition coefficient (Wildman–Crippen LogP) is 3.68. The highest BCUT2D eigenvalue weighted by molar-refractivity contribution is 6.33. The first-order chi connectivity index (χ1) is 10.6. The molecule has 6 heteroatoms. The molecule has 2 amide bonds. The molecule has 1 aromatic rings. The zero-order valence-corrected chi connectivity index (χ0v) is 13.8. The van der Waals surface area contributed by atoms with Crippen molar-refractivity contribution in [3.63, 3.8) is 0 Å². The van der Waals surface area contributed by atoms with Crippen LogP contribution in [0.3, 0.4) is 0 Å². The van der Waals surface area contributed by atoms with Crippen molar-refractivity contribution in [3.8, 4) is 5.75 Å². The Morgan fingerprint density at radius 1 is 1.36 bits per heavy atom. The van der Waals surface area contributed by atoms with Crippen molar-refractivity contribution >= 4 is 23.3 Å². The number of hydrogen-bond acceptors (Lipinski definition) is 3. The normalized spacial score (nSPS) is 15.8. The number of nitrogens with one attached hydrogen (secondary N) is 2. The number of carbonyl (C=O) groups excluding carboxylic acids is 1. The molecule has 2 N–H and O–H groups in total. The molecule has 1 aliphatic rings. The van der Waals surface area contributed by atoms with Gasteiger partial charge in [-0.1, -0.05) is 18.0 Å². The van der Waals surface area contributed by atoms with Crippen molar-refractivity contribution in [3.05, 3.63) is 23.2 Å². The van der Waals surface area contributed by atoms with Gasteiger partial charge >= 0.3 is 6.03 Å². The van der Waals surface area contributed by atoms with Gasteiger partial charge in [0.05, 0.1) is 17.8 Å². The van der Waals surface area contributed by atoms with Crippen LogP contribution in [0.25, 0.3) is 0 Å². The van der Waals surface area contributed by atoms with Crippen LogP contribution in [-0.4, -0.2) is 33.4 Å². The summed E-state index contributed by atoms with van der Waals surface area (Å²) < 4.78 is 10.2. The fraction of sp³-hybridized carbons (Fsp3) is 0.562. The Bertz CT molecular complexity index is 518. The summed E-state index contributed by atoms with van der Waals surface area (Å²) in [5.74, 6) is 0.656. The zero-order valence-electron chi connectivity index (χ0n) is 13.1. The number of urea groups is 1. The zero-order chi connectivity index (χ0) is 16.0. The monoisotopic (exact) mass is 326 g/mol. The van der Waals surface area contributed by atoms with E-state index in [2.05, 4.69) is 10.6 Å². The minimum Gasteiger partial charge on any atom is -0.497 e. The Kier molecular flexibility index (Phi) is 5.91. The fourth-order valence-corrected chi connectivity index (χ4v) is 2.89. The summed E-state index contributed by atoms with van der Waals surface area (Å²) in [4.78, 5) is 12.0. The highest BCUT2D eigenvalue weighted by atomic mass is 35.5. The van der Waals surface area contributed by atoms with E-state index in [1.807, 2.05) is 0 Å². The molecule has 0 aromatic heterocycles. The van der Waals surface area contributed by atoms with Gasteiger partial charge in [-0.15, -0.1) is 0 Å². The summed E-state index contributed by atoms with van der Waals surface area (Å²) in [5.41, 5.74) is 0.761. The second-order valence-electron chi connectivity index (χ2n) is 5.75. The van der Waals surface area contributed by atoms with Crippen LogP contribution in [0.5, 0.6) is 5.75 Å². The minimum absolute atomic E-state index is 0.192. The van der Waals surface area contributed by atoms with Gasteiger partial charge in [0.2, 0.25) is 0 Å². The molecule has 0 bridgehead atoms. The molecule has 1 fully saturated rings. The third-order valence-electron chi connectivity index (χ3n) is 4.30. The Morgan fingerprint density at radius 2 is 2.14 bits per heavy atom. The van der Waals surface area contributed by atoms with E-state index in [0.717, 1.165) is 25.9 Å². The first kappa shape index (κ1) is 16.9. The summed E-state index contributed by atoms with van der Waals surface area (Å²) in [6.07, 6.45) is 4.48. The van der Waals surface area contributed by atoms with E-state index >= 15 is 0 Å². The molecular weight excluding hydrogens is 304 g/mol. The van der Waals surface area contributed by atoms with Gasteiger partial charge in [0.1, 0.15) is 5.75 Å². The van der Waals surface area contributed by atoms with E-state index in [9.17, 15) is 4.79 Å². The maximum absolute atomic E-state index is 12.0. The maximum Gasteiger partial charge on any atom is 0.319 e. The molecule has 0 saturated heterocycles.